The molecule has 28 heavy (non-hydrogen) atoms. The van der Waals surface area contributed by atoms with E-state index in [1.54, 1.807) is 43.3 Å². The molecule has 1 heterocycles. The number of halogens is 1. The highest BCUT2D eigenvalue weighted by Crippen LogP contribution is 2.24. The van der Waals surface area contributed by atoms with E-state index in [-0.39, 0.29) is 17.4 Å². The monoisotopic (exact) mass is 372 g/mol. The number of nitrogens with zero attached hydrogens (tertiary/aromatic N) is 1. The summed E-state index contributed by atoms with van der Waals surface area (Å²) in [5.41, 5.74) is 9.93. The first-order valence-corrected chi connectivity index (χ1v) is 8.68. The maximum atomic E-state index is 13.1. The molecule has 3 aromatic carbocycles. The van der Waals surface area contributed by atoms with Crippen LogP contribution in [0.25, 0.3) is 22.2 Å². The summed E-state index contributed by atoms with van der Waals surface area (Å²) in [6.07, 6.45) is 0. The molecule has 6 heteroatoms. The summed E-state index contributed by atoms with van der Waals surface area (Å²) in [7, 11) is 0. The van der Waals surface area contributed by atoms with Crippen LogP contribution >= 0.6 is 0 Å². The highest BCUT2D eigenvalue weighted by Gasteiger charge is 2.17. The highest BCUT2D eigenvalue weighted by atomic mass is 19.1. The number of nitrogen functional groups attached to an aromatic ring is 1. The minimum absolute atomic E-state index is 0.116. The summed E-state index contributed by atoms with van der Waals surface area (Å²) in [6, 6.07) is 16.6. The molecule has 0 spiro atoms. The van der Waals surface area contributed by atoms with Gasteiger partial charge < -0.3 is 10.7 Å². The van der Waals surface area contributed by atoms with Crippen LogP contribution in [-0.2, 0) is 0 Å². The van der Waals surface area contributed by atoms with E-state index in [4.69, 9.17) is 11.1 Å². The summed E-state index contributed by atoms with van der Waals surface area (Å²) in [5, 5.41) is 7.70. The molecule has 0 saturated carbocycles. The van der Waals surface area contributed by atoms with E-state index in [2.05, 4.69) is 9.97 Å². The number of hydrogen-bond acceptors (Lipinski definition) is 3. The van der Waals surface area contributed by atoms with E-state index in [1.807, 2.05) is 12.1 Å². The lowest BCUT2D eigenvalue weighted by molar-refractivity contribution is 0.104. The molecule has 0 atom stereocenters. The molecule has 0 aliphatic heterocycles. The number of carbonyl (C=O) groups is 1. The van der Waals surface area contributed by atoms with E-state index in [0.717, 1.165) is 11.1 Å². The molecule has 0 amide bonds. The molecule has 4 aromatic rings. The number of imidazole rings is 1. The maximum absolute atomic E-state index is 13.1. The Morgan fingerprint density at radius 1 is 1.00 bits per heavy atom. The van der Waals surface area contributed by atoms with E-state index >= 15 is 0 Å². The number of fused-ring (bicyclic) bond motifs is 1. The van der Waals surface area contributed by atoms with Crippen LogP contribution in [0.2, 0.25) is 0 Å². The largest absolute Gasteiger partial charge is 0.384 e. The molecule has 1 aromatic heterocycles. The average molecular weight is 372 g/mol. The highest BCUT2D eigenvalue weighted by molar-refractivity contribution is 6.17. The molecule has 4 rings (SSSR count). The Morgan fingerprint density at radius 2 is 1.61 bits per heavy atom. The number of aromatic amines is 1. The molecular formula is C22H17FN4O. The van der Waals surface area contributed by atoms with Crippen LogP contribution in [0.5, 0.6) is 0 Å². The van der Waals surface area contributed by atoms with Crippen molar-refractivity contribution in [1.29, 1.82) is 5.41 Å². The maximum Gasteiger partial charge on any atom is 0.195 e. The molecule has 5 nitrogen and oxygen atoms in total. The Balaban J connectivity index is 1.75. The fourth-order valence-electron chi connectivity index (χ4n) is 3.18. The first-order valence-electron chi connectivity index (χ1n) is 8.68. The summed E-state index contributed by atoms with van der Waals surface area (Å²) in [6.45, 7) is 1.80. The third-order valence-electron chi connectivity index (χ3n) is 4.59. The van der Waals surface area contributed by atoms with Crippen LogP contribution in [0, 0.1) is 18.2 Å². The molecule has 0 unspecified atom stereocenters. The molecule has 0 radical (unpaired) electrons. The molecular weight excluding hydrogens is 355 g/mol. The first kappa shape index (κ1) is 17.6. The van der Waals surface area contributed by atoms with E-state index < -0.39 is 0 Å². The number of aromatic nitrogens is 2. The van der Waals surface area contributed by atoms with E-state index in [0.29, 0.717) is 33.5 Å². The number of rotatable bonds is 4. The van der Waals surface area contributed by atoms with Gasteiger partial charge in [-0.25, -0.2) is 9.37 Å². The van der Waals surface area contributed by atoms with Gasteiger partial charge in [-0.05, 0) is 42.3 Å². The van der Waals surface area contributed by atoms with Gasteiger partial charge in [-0.3, -0.25) is 10.2 Å². The van der Waals surface area contributed by atoms with E-state index in [9.17, 15) is 9.18 Å². The van der Waals surface area contributed by atoms with Crippen molar-refractivity contribution in [1.82, 2.24) is 9.97 Å². The second-order valence-electron chi connectivity index (χ2n) is 6.57. The van der Waals surface area contributed by atoms with Crippen molar-refractivity contribution in [2.45, 2.75) is 6.92 Å². The van der Waals surface area contributed by atoms with Crippen molar-refractivity contribution < 1.29 is 9.18 Å². The Kier molecular flexibility index (Phi) is 4.24. The SMILES string of the molecule is Cc1nc2c(C(=O)c3ccc(-c4ccc(F)cc4)cc3)cc(C(=N)N)cc2[nH]1. The smallest absolute Gasteiger partial charge is 0.195 e. The number of ketones is 1. The van der Waals surface area contributed by atoms with Gasteiger partial charge >= 0.3 is 0 Å². The molecule has 0 aliphatic rings. The molecule has 4 N–H and O–H groups in total. The second-order valence-corrected chi connectivity index (χ2v) is 6.57. The lowest BCUT2D eigenvalue weighted by Gasteiger charge is -2.07. The summed E-state index contributed by atoms with van der Waals surface area (Å²) < 4.78 is 13.1. The van der Waals surface area contributed by atoms with Crippen molar-refractivity contribution in [3.8, 4) is 11.1 Å². The standard InChI is InChI=1S/C22H17FN4O/c1-12-26-19-11-16(22(24)25)10-18(20(19)27-12)21(28)15-4-2-13(3-5-15)14-6-8-17(23)9-7-14/h2-11H,1H3,(H3,24,25)(H,26,27). The lowest BCUT2D eigenvalue weighted by atomic mass is 9.97. The van der Waals surface area contributed by atoms with Gasteiger partial charge in [0, 0.05) is 11.1 Å². The first-order chi connectivity index (χ1) is 13.4. The lowest BCUT2D eigenvalue weighted by Crippen LogP contribution is -2.13. The Labute approximate surface area is 160 Å². The predicted octanol–water partition coefficient (Wildman–Crippen LogP) is 4.19. The molecule has 0 saturated heterocycles. The van der Waals surface area contributed by atoms with Crippen LogP contribution in [0.15, 0.2) is 60.7 Å². The summed E-state index contributed by atoms with van der Waals surface area (Å²) >= 11 is 0. The zero-order valence-corrected chi connectivity index (χ0v) is 15.1. The molecule has 0 bridgehead atoms. The molecule has 0 aliphatic carbocycles. The van der Waals surface area contributed by atoms with Gasteiger partial charge in [0.25, 0.3) is 0 Å². The Hall–Kier alpha value is -3.80. The van der Waals surface area contributed by atoms with Crippen LogP contribution in [-0.4, -0.2) is 21.6 Å². The van der Waals surface area contributed by atoms with Crippen molar-refractivity contribution in [3.63, 3.8) is 0 Å². The van der Waals surface area contributed by atoms with Gasteiger partial charge in [-0.1, -0.05) is 36.4 Å². The van der Waals surface area contributed by atoms with Crippen LogP contribution in [0.4, 0.5) is 4.39 Å². The Bertz CT molecular complexity index is 1210. The number of hydrogen-bond donors (Lipinski definition) is 3. The number of H-pyrrole nitrogens is 1. The molecule has 138 valence electrons. The van der Waals surface area contributed by atoms with Crippen molar-refractivity contribution in [3.05, 3.63) is 89.0 Å². The number of benzene rings is 3. The summed E-state index contributed by atoms with van der Waals surface area (Å²) in [5.74, 6) is 0.0655. The Morgan fingerprint density at radius 3 is 2.21 bits per heavy atom. The van der Waals surface area contributed by atoms with Crippen LogP contribution in [0.3, 0.4) is 0 Å². The topological polar surface area (TPSA) is 95.6 Å². The predicted molar refractivity (Wildman–Crippen MR) is 107 cm³/mol. The average Bonchev–Trinajstić information content (AvgIpc) is 3.07. The molecule has 0 fully saturated rings. The zero-order valence-electron chi connectivity index (χ0n) is 15.1. The third-order valence-corrected chi connectivity index (χ3v) is 4.59. The van der Waals surface area contributed by atoms with Gasteiger partial charge in [0.1, 0.15) is 17.5 Å². The van der Waals surface area contributed by atoms with Gasteiger partial charge in [0.2, 0.25) is 0 Å². The fraction of sp³-hybridized carbons (Fsp3) is 0.0455. The number of nitrogens with one attached hydrogen (secondary N) is 2. The fourth-order valence-corrected chi connectivity index (χ4v) is 3.18. The minimum atomic E-state index is -0.292. The van der Waals surface area contributed by atoms with Crippen LogP contribution < -0.4 is 5.73 Å². The third kappa shape index (κ3) is 3.16. The van der Waals surface area contributed by atoms with Gasteiger partial charge in [0.15, 0.2) is 5.78 Å². The van der Waals surface area contributed by atoms with Crippen LogP contribution in [0.1, 0.15) is 27.3 Å². The number of aryl methyl sites for hydroxylation is 1. The minimum Gasteiger partial charge on any atom is -0.384 e. The van der Waals surface area contributed by atoms with Crippen molar-refractivity contribution >= 4 is 22.7 Å². The number of amidine groups is 1. The van der Waals surface area contributed by atoms with E-state index in [1.165, 1.54) is 12.1 Å². The van der Waals surface area contributed by atoms with Crippen molar-refractivity contribution in [2.75, 3.05) is 0 Å². The number of nitrogens with two attached hydrogens (primary N) is 1. The van der Waals surface area contributed by atoms with Gasteiger partial charge in [-0.2, -0.15) is 0 Å². The van der Waals surface area contributed by atoms with Crippen molar-refractivity contribution in [2.24, 2.45) is 5.73 Å². The van der Waals surface area contributed by atoms with Gasteiger partial charge in [-0.15, -0.1) is 0 Å². The zero-order chi connectivity index (χ0) is 19.8. The quantitative estimate of drug-likeness (QED) is 0.285. The normalized spacial score (nSPS) is 10.9. The second kappa shape index (κ2) is 6.74. The van der Waals surface area contributed by atoms with Gasteiger partial charge in [0.05, 0.1) is 16.6 Å². The number of carbonyl (C=O) groups excluding carboxylic acids is 1. The summed E-state index contributed by atoms with van der Waals surface area (Å²) in [4.78, 5) is 20.6.